The fraction of sp³-hybridized carbons (Fsp3) is 0.375. The predicted molar refractivity (Wildman–Crippen MR) is 89.6 cm³/mol. The van der Waals surface area contributed by atoms with E-state index in [1.54, 1.807) is 10.9 Å². The molecule has 4 rings (SSSR count). The molecule has 9 heteroatoms. The maximum absolute atomic E-state index is 12.7. The first kappa shape index (κ1) is 15.4. The van der Waals surface area contributed by atoms with Gasteiger partial charge in [0.1, 0.15) is 0 Å². The minimum atomic E-state index is -0.195. The largest absolute Gasteiger partial charge is 0.319 e. The average molecular weight is 338 g/mol. The van der Waals surface area contributed by atoms with Gasteiger partial charge in [0.25, 0.3) is 11.9 Å². The number of anilines is 1. The molecule has 2 N–H and O–H groups in total. The molecule has 0 aliphatic heterocycles. The maximum Gasteiger partial charge on any atom is 0.290 e. The molecule has 25 heavy (non-hydrogen) atoms. The number of hydrogen-bond donors (Lipinski definition) is 2. The van der Waals surface area contributed by atoms with E-state index in [9.17, 15) is 4.79 Å². The number of tetrazole rings is 1. The smallest absolute Gasteiger partial charge is 0.290 e. The molecule has 0 unspecified atom stereocenters. The zero-order chi connectivity index (χ0) is 17.4. The van der Waals surface area contributed by atoms with Crippen LogP contribution in [0.4, 0.5) is 5.69 Å². The van der Waals surface area contributed by atoms with Crippen LogP contribution in [0.1, 0.15) is 45.8 Å². The van der Waals surface area contributed by atoms with Crippen molar-refractivity contribution in [3.63, 3.8) is 0 Å². The van der Waals surface area contributed by atoms with E-state index < -0.39 is 0 Å². The van der Waals surface area contributed by atoms with Gasteiger partial charge in [-0.1, -0.05) is 5.10 Å². The summed E-state index contributed by atoms with van der Waals surface area (Å²) >= 11 is 0. The Morgan fingerprint density at radius 3 is 2.92 bits per heavy atom. The zero-order valence-corrected chi connectivity index (χ0v) is 14.1. The molecule has 0 saturated carbocycles. The van der Waals surface area contributed by atoms with Crippen LogP contribution in [-0.2, 0) is 12.8 Å². The van der Waals surface area contributed by atoms with Gasteiger partial charge in [0.05, 0.1) is 22.6 Å². The Bertz CT molecular complexity index is 928. The Hall–Kier alpha value is -3.10. The van der Waals surface area contributed by atoms with Crippen molar-refractivity contribution in [2.75, 3.05) is 5.32 Å². The van der Waals surface area contributed by atoms with Gasteiger partial charge in [0, 0.05) is 11.9 Å². The van der Waals surface area contributed by atoms with Crippen molar-refractivity contribution in [1.82, 2.24) is 35.4 Å². The van der Waals surface area contributed by atoms with Gasteiger partial charge in [-0.05, 0) is 56.4 Å². The molecule has 1 aliphatic rings. The molecule has 0 fully saturated rings. The topological polar surface area (TPSA) is 114 Å². The van der Waals surface area contributed by atoms with Crippen LogP contribution in [0, 0.1) is 13.8 Å². The zero-order valence-electron chi connectivity index (χ0n) is 14.1. The number of amides is 1. The summed E-state index contributed by atoms with van der Waals surface area (Å²) in [5.74, 6) is 0.135. The van der Waals surface area contributed by atoms with Gasteiger partial charge < -0.3 is 5.32 Å². The van der Waals surface area contributed by atoms with Crippen molar-refractivity contribution in [2.45, 2.75) is 39.5 Å². The van der Waals surface area contributed by atoms with E-state index in [1.165, 1.54) is 12.0 Å². The number of fused-ring (bicyclic) bond motifs is 1. The Morgan fingerprint density at radius 1 is 1.28 bits per heavy atom. The summed E-state index contributed by atoms with van der Waals surface area (Å²) in [5.41, 5.74) is 4.91. The van der Waals surface area contributed by atoms with E-state index in [0.29, 0.717) is 22.9 Å². The lowest BCUT2D eigenvalue weighted by Crippen LogP contribution is -2.15. The molecule has 0 aromatic carbocycles. The number of aromatic nitrogens is 7. The lowest BCUT2D eigenvalue weighted by atomic mass is 9.95. The number of carbonyl (C=O) groups excluding carboxylic acids is 1. The minimum Gasteiger partial charge on any atom is -0.319 e. The van der Waals surface area contributed by atoms with Gasteiger partial charge in [-0.3, -0.25) is 9.78 Å². The van der Waals surface area contributed by atoms with E-state index in [-0.39, 0.29) is 5.91 Å². The third kappa shape index (κ3) is 2.77. The SMILES string of the molecule is Cc1nn(-c2nn[nH]n2)c(C)c1NC(=O)c1cnc2c(c1)CCCC2. The molecule has 0 radical (unpaired) electrons. The molecule has 3 heterocycles. The second-order valence-electron chi connectivity index (χ2n) is 6.16. The number of H-pyrrole nitrogens is 1. The number of aromatic amines is 1. The van der Waals surface area contributed by atoms with Gasteiger partial charge >= 0.3 is 0 Å². The van der Waals surface area contributed by atoms with Crippen molar-refractivity contribution in [3.05, 3.63) is 40.5 Å². The summed E-state index contributed by atoms with van der Waals surface area (Å²) in [6, 6.07) is 1.95. The van der Waals surface area contributed by atoms with Crippen LogP contribution in [0.2, 0.25) is 0 Å². The number of rotatable bonds is 3. The van der Waals surface area contributed by atoms with Crippen molar-refractivity contribution >= 4 is 11.6 Å². The molecule has 0 spiro atoms. The Kier molecular flexibility index (Phi) is 3.75. The molecule has 9 nitrogen and oxygen atoms in total. The van der Waals surface area contributed by atoms with Gasteiger partial charge in [-0.2, -0.15) is 15.0 Å². The Balaban J connectivity index is 1.61. The minimum absolute atomic E-state index is 0.195. The molecule has 128 valence electrons. The molecule has 0 atom stereocenters. The van der Waals surface area contributed by atoms with Gasteiger partial charge in [0.15, 0.2) is 0 Å². The highest BCUT2D eigenvalue weighted by atomic mass is 16.1. The lowest BCUT2D eigenvalue weighted by molar-refractivity contribution is 0.102. The van der Waals surface area contributed by atoms with Crippen LogP contribution in [0.25, 0.3) is 5.95 Å². The second kappa shape index (κ2) is 6.08. The molecule has 1 aliphatic carbocycles. The Labute approximate surface area is 143 Å². The van der Waals surface area contributed by atoms with E-state index in [1.807, 2.05) is 19.9 Å². The molecular weight excluding hydrogens is 320 g/mol. The van der Waals surface area contributed by atoms with E-state index >= 15 is 0 Å². The molecule has 0 saturated heterocycles. The highest BCUT2D eigenvalue weighted by molar-refractivity contribution is 6.04. The normalized spacial score (nSPS) is 13.5. The van der Waals surface area contributed by atoms with Gasteiger partial charge in [-0.15, -0.1) is 5.10 Å². The van der Waals surface area contributed by atoms with Crippen LogP contribution in [0.5, 0.6) is 0 Å². The summed E-state index contributed by atoms with van der Waals surface area (Å²) in [4.78, 5) is 17.1. The number of pyridine rings is 1. The first-order valence-corrected chi connectivity index (χ1v) is 8.22. The van der Waals surface area contributed by atoms with Crippen molar-refractivity contribution < 1.29 is 4.79 Å². The van der Waals surface area contributed by atoms with Gasteiger partial charge in [0.2, 0.25) is 0 Å². The van der Waals surface area contributed by atoms with Crippen molar-refractivity contribution in [2.24, 2.45) is 0 Å². The predicted octanol–water partition coefficient (Wildman–Crippen LogP) is 1.53. The second-order valence-corrected chi connectivity index (χ2v) is 6.16. The number of aryl methyl sites for hydroxylation is 3. The first-order valence-electron chi connectivity index (χ1n) is 8.22. The molecule has 0 bridgehead atoms. The maximum atomic E-state index is 12.7. The quantitative estimate of drug-likeness (QED) is 0.748. The van der Waals surface area contributed by atoms with Gasteiger partial charge in [-0.25, -0.2) is 0 Å². The van der Waals surface area contributed by atoms with Crippen LogP contribution in [0.3, 0.4) is 0 Å². The summed E-state index contributed by atoms with van der Waals surface area (Å²) in [6.07, 6.45) is 5.94. The molecule has 3 aromatic heterocycles. The van der Waals surface area contributed by atoms with E-state index in [4.69, 9.17) is 0 Å². The number of nitrogens with zero attached hydrogens (tertiary/aromatic N) is 6. The van der Waals surface area contributed by atoms with Crippen molar-refractivity contribution in [1.29, 1.82) is 0 Å². The molecular formula is C16H18N8O. The fourth-order valence-corrected chi connectivity index (χ4v) is 3.16. The van der Waals surface area contributed by atoms with Crippen LogP contribution >= 0.6 is 0 Å². The number of carbonyl (C=O) groups is 1. The number of nitrogens with one attached hydrogen (secondary N) is 2. The Morgan fingerprint density at radius 2 is 2.12 bits per heavy atom. The van der Waals surface area contributed by atoms with Crippen LogP contribution in [0.15, 0.2) is 12.3 Å². The third-order valence-electron chi connectivity index (χ3n) is 4.49. The highest BCUT2D eigenvalue weighted by Gasteiger charge is 2.19. The summed E-state index contributed by atoms with van der Waals surface area (Å²) in [5, 5.41) is 21.1. The van der Waals surface area contributed by atoms with Crippen molar-refractivity contribution in [3.8, 4) is 5.95 Å². The van der Waals surface area contributed by atoms with Crippen LogP contribution < -0.4 is 5.32 Å². The molecule has 1 amide bonds. The van der Waals surface area contributed by atoms with E-state index in [0.717, 1.165) is 30.7 Å². The summed E-state index contributed by atoms with van der Waals surface area (Å²) in [7, 11) is 0. The fourth-order valence-electron chi connectivity index (χ4n) is 3.16. The average Bonchev–Trinajstić information content (AvgIpc) is 3.25. The number of hydrogen-bond acceptors (Lipinski definition) is 6. The van der Waals surface area contributed by atoms with Crippen LogP contribution in [-0.4, -0.2) is 41.3 Å². The summed E-state index contributed by atoms with van der Waals surface area (Å²) in [6.45, 7) is 3.67. The monoisotopic (exact) mass is 338 g/mol. The highest BCUT2D eigenvalue weighted by Crippen LogP contribution is 2.23. The molecule has 3 aromatic rings. The standard InChI is InChI=1S/C16H18N8O/c1-9-14(10(2)24(21-9)16-19-22-23-20-16)18-15(25)12-7-11-5-3-4-6-13(11)17-8-12/h7-8H,3-6H2,1-2H3,(H,18,25)(H,19,20,22,23). The van der Waals surface area contributed by atoms with E-state index in [2.05, 4.69) is 36.0 Å². The first-order chi connectivity index (χ1) is 12.1. The summed E-state index contributed by atoms with van der Waals surface area (Å²) < 4.78 is 1.54. The lowest BCUT2D eigenvalue weighted by Gasteiger charge is -2.15. The third-order valence-corrected chi connectivity index (χ3v) is 4.49.